The van der Waals surface area contributed by atoms with Crippen LogP contribution in [0.5, 0.6) is 0 Å². The van der Waals surface area contributed by atoms with Crippen molar-refractivity contribution in [1.29, 1.82) is 0 Å². The second-order valence-electron chi connectivity index (χ2n) is 5.23. The third kappa shape index (κ3) is 11.0. The maximum Gasteiger partial charge on any atom is 0.330 e. The highest BCUT2D eigenvalue weighted by atomic mass is 16.6. The summed E-state index contributed by atoms with van der Waals surface area (Å²) in [7, 11) is 0. The summed E-state index contributed by atoms with van der Waals surface area (Å²) >= 11 is 0. The molecule has 0 N–H and O–H groups in total. The number of carbonyl (C=O) groups is 1. The lowest BCUT2D eigenvalue weighted by atomic mass is 10.1. The predicted octanol–water partition coefficient (Wildman–Crippen LogP) is 3.25. The first-order chi connectivity index (χ1) is 9.83. The maximum atomic E-state index is 10.8. The number of unbranched alkanes of at least 4 members (excludes halogenated alkanes) is 7. The van der Waals surface area contributed by atoms with Crippen LogP contribution in [0.1, 0.15) is 51.4 Å². The molecule has 4 nitrogen and oxygen atoms in total. The zero-order valence-corrected chi connectivity index (χ0v) is 12.5. The van der Waals surface area contributed by atoms with Gasteiger partial charge in [-0.25, -0.2) is 4.79 Å². The van der Waals surface area contributed by atoms with E-state index in [0.29, 0.717) is 12.7 Å². The zero-order chi connectivity index (χ0) is 14.5. The average Bonchev–Trinajstić information content (AvgIpc) is 3.27. The molecule has 0 aromatic heterocycles. The second kappa shape index (κ2) is 11.9. The number of rotatable bonds is 14. The summed E-state index contributed by atoms with van der Waals surface area (Å²) in [5, 5.41) is 0. The number of esters is 1. The Kier molecular flexibility index (Phi) is 10.2. The molecular weight excluding hydrogens is 256 g/mol. The lowest BCUT2D eigenvalue weighted by Gasteiger charge is -2.04. The fourth-order valence-corrected chi connectivity index (χ4v) is 1.98. The third-order valence-corrected chi connectivity index (χ3v) is 3.30. The zero-order valence-electron chi connectivity index (χ0n) is 12.5. The fourth-order valence-electron chi connectivity index (χ4n) is 1.98. The minimum atomic E-state index is -0.319. The van der Waals surface area contributed by atoms with E-state index in [4.69, 9.17) is 14.2 Å². The first-order valence-corrected chi connectivity index (χ1v) is 7.81. The Balaban J connectivity index is 1.65. The summed E-state index contributed by atoms with van der Waals surface area (Å²) in [6.07, 6.45) is 11.2. The van der Waals surface area contributed by atoms with Crippen LogP contribution in [0.15, 0.2) is 12.7 Å². The first kappa shape index (κ1) is 17.2. The Morgan fingerprint density at radius 3 is 2.15 bits per heavy atom. The molecular formula is C16H28O4. The summed E-state index contributed by atoms with van der Waals surface area (Å²) in [4.78, 5) is 10.8. The standard InChI is InChI=1S/C16H28O4/c1-2-16(17)19-12-10-8-6-4-3-5-7-9-11-18-13-15-14-20-15/h2,15H,1,3-14H2. The Morgan fingerprint density at radius 1 is 1.05 bits per heavy atom. The van der Waals surface area contributed by atoms with Crippen molar-refractivity contribution in [3.63, 3.8) is 0 Å². The molecule has 0 bridgehead atoms. The highest BCUT2D eigenvalue weighted by molar-refractivity contribution is 5.81. The van der Waals surface area contributed by atoms with Gasteiger partial charge in [0.05, 0.1) is 19.8 Å². The Hall–Kier alpha value is -0.870. The number of hydrogen-bond donors (Lipinski definition) is 0. The molecule has 20 heavy (non-hydrogen) atoms. The molecule has 0 saturated carbocycles. The largest absolute Gasteiger partial charge is 0.463 e. The summed E-state index contributed by atoms with van der Waals surface area (Å²) in [6, 6.07) is 0. The molecule has 0 radical (unpaired) electrons. The minimum Gasteiger partial charge on any atom is -0.463 e. The Labute approximate surface area is 122 Å². The van der Waals surface area contributed by atoms with Gasteiger partial charge >= 0.3 is 5.97 Å². The quantitative estimate of drug-likeness (QED) is 0.213. The van der Waals surface area contributed by atoms with E-state index in [2.05, 4.69) is 6.58 Å². The summed E-state index contributed by atoms with van der Waals surface area (Å²) in [5.41, 5.74) is 0. The molecule has 0 aromatic carbocycles. The van der Waals surface area contributed by atoms with Crippen LogP contribution in [0.4, 0.5) is 0 Å². The van der Waals surface area contributed by atoms with Crippen molar-refractivity contribution >= 4 is 5.97 Å². The van der Waals surface area contributed by atoms with E-state index in [0.717, 1.165) is 39.1 Å². The molecule has 1 aliphatic rings. The van der Waals surface area contributed by atoms with Crippen molar-refractivity contribution in [1.82, 2.24) is 0 Å². The topological polar surface area (TPSA) is 48.1 Å². The van der Waals surface area contributed by atoms with E-state index in [1.54, 1.807) is 0 Å². The molecule has 0 aliphatic carbocycles. The second-order valence-corrected chi connectivity index (χ2v) is 5.23. The summed E-state index contributed by atoms with van der Waals surface area (Å²) in [6.45, 7) is 6.40. The third-order valence-electron chi connectivity index (χ3n) is 3.30. The van der Waals surface area contributed by atoms with Gasteiger partial charge in [0, 0.05) is 12.7 Å². The summed E-state index contributed by atoms with van der Waals surface area (Å²) in [5.74, 6) is -0.319. The van der Waals surface area contributed by atoms with Crippen LogP contribution in [0, 0.1) is 0 Å². The van der Waals surface area contributed by atoms with Gasteiger partial charge in [0.2, 0.25) is 0 Å². The van der Waals surface area contributed by atoms with E-state index in [1.807, 2.05) is 0 Å². The van der Waals surface area contributed by atoms with Crippen LogP contribution in [0.3, 0.4) is 0 Å². The van der Waals surface area contributed by atoms with Crippen LogP contribution >= 0.6 is 0 Å². The van der Waals surface area contributed by atoms with Crippen molar-refractivity contribution in [3.05, 3.63) is 12.7 Å². The Bertz CT molecular complexity index is 261. The number of carbonyl (C=O) groups excluding carboxylic acids is 1. The van der Waals surface area contributed by atoms with Crippen molar-refractivity contribution in [2.45, 2.75) is 57.5 Å². The number of epoxide rings is 1. The van der Waals surface area contributed by atoms with Gasteiger partial charge in [-0.05, 0) is 12.8 Å². The smallest absolute Gasteiger partial charge is 0.330 e. The molecule has 1 unspecified atom stereocenters. The molecule has 116 valence electrons. The van der Waals surface area contributed by atoms with Gasteiger partial charge in [-0.2, -0.15) is 0 Å². The van der Waals surface area contributed by atoms with Crippen molar-refractivity contribution < 1.29 is 19.0 Å². The van der Waals surface area contributed by atoms with Crippen molar-refractivity contribution in [2.24, 2.45) is 0 Å². The molecule has 4 heteroatoms. The SMILES string of the molecule is C=CC(=O)OCCCCCCCCCCOCC1CO1. The lowest BCUT2D eigenvalue weighted by molar-refractivity contribution is -0.137. The Morgan fingerprint density at radius 2 is 1.60 bits per heavy atom. The number of ether oxygens (including phenoxy) is 3. The van der Waals surface area contributed by atoms with Gasteiger partial charge < -0.3 is 14.2 Å². The monoisotopic (exact) mass is 284 g/mol. The highest BCUT2D eigenvalue weighted by Gasteiger charge is 2.21. The number of hydrogen-bond acceptors (Lipinski definition) is 4. The van der Waals surface area contributed by atoms with Crippen LogP contribution in [-0.2, 0) is 19.0 Å². The van der Waals surface area contributed by atoms with Gasteiger partial charge in [0.25, 0.3) is 0 Å². The van der Waals surface area contributed by atoms with E-state index >= 15 is 0 Å². The van der Waals surface area contributed by atoms with E-state index in [-0.39, 0.29) is 5.97 Å². The molecule has 1 heterocycles. The molecule has 0 aromatic rings. The molecule has 0 spiro atoms. The maximum absolute atomic E-state index is 10.8. The van der Waals surface area contributed by atoms with Crippen LogP contribution in [0.25, 0.3) is 0 Å². The molecule has 1 saturated heterocycles. The van der Waals surface area contributed by atoms with Crippen molar-refractivity contribution in [2.75, 3.05) is 26.4 Å². The van der Waals surface area contributed by atoms with Gasteiger partial charge in [0.1, 0.15) is 6.10 Å². The van der Waals surface area contributed by atoms with Crippen molar-refractivity contribution in [3.8, 4) is 0 Å². The molecule has 1 rings (SSSR count). The van der Waals surface area contributed by atoms with Gasteiger partial charge in [0.15, 0.2) is 0 Å². The van der Waals surface area contributed by atoms with Crippen LogP contribution in [0.2, 0.25) is 0 Å². The van der Waals surface area contributed by atoms with Gasteiger partial charge in [-0.15, -0.1) is 0 Å². The van der Waals surface area contributed by atoms with E-state index in [1.165, 1.54) is 38.2 Å². The highest BCUT2D eigenvalue weighted by Crippen LogP contribution is 2.11. The van der Waals surface area contributed by atoms with E-state index in [9.17, 15) is 4.79 Å². The normalized spacial score (nSPS) is 16.9. The first-order valence-electron chi connectivity index (χ1n) is 7.81. The van der Waals surface area contributed by atoms with E-state index < -0.39 is 0 Å². The molecule has 1 aliphatic heterocycles. The predicted molar refractivity (Wildman–Crippen MR) is 78.7 cm³/mol. The lowest BCUT2D eigenvalue weighted by Crippen LogP contribution is -2.02. The average molecular weight is 284 g/mol. The molecule has 1 fully saturated rings. The van der Waals surface area contributed by atoms with Crippen LogP contribution in [-0.4, -0.2) is 38.5 Å². The fraction of sp³-hybridized carbons (Fsp3) is 0.812. The molecule has 0 amide bonds. The van der Waals surface area contributed by atoms with Gasteiger partial charge in [-0.1, -0.05) is 45.1 Å². The minimum absolute atomic E-state index is 0.319. The molecule has 1 atom stereocenters. The summed E-state index contributed by atoms with van der Waals surface area (Å²) < 4.78 is 15.5. The van der Waals surface area contributed by atoms with Crippen LogP contribution < -0.4 is 0 Å². The van der Waals surface area contributed by atoms with Gasteiger partial charge in [-0.3, -0.25) is 0 Å².